The Bertz CT molecular complexity index is 155. The number of nitrogens with zero attached hydrogens (tertiary/aromatic N) is 1. The minimum atomic E-state index is 0.344. The van der Waals surface area contributed by atoms with E-state index < -0.39 is 0 Å². The molecule has 0 fully saturated rings. The third kappa shape index (κ3) is 14.3. The van der Waals surface area contributed by atoms with Crippen molar-refractivity contribution >= 4 is 12.6 Å². The number of unbranched alkanes of at least 4 members (excludes halogenated alkanes) is 8. The molecule has 0 aliphatic carbocycles. The Morgan fingerprint density at radius 2 is 1.17 bits per heavy atom. The highest BCUT2D eigenvalue weighted by atomic mass is 32.1. The molecule has 3 heteroatoms. The molecule has 0 aliphatic rings. The highest BCUT2D eigenvalue weighted by molar-refractivity contribution is 7.80. The summed E-state index contributed by atoms with van der Waals surface area (Å²) in [6, 6.07) is 0. The van der Waals surface area contributed by atoms with Crippen LogP contribution in [0.15, 0.2) is 0 Å². The Kier molecular flexibility index (Phi) is 15.6. The third-order valence-electron chi connectivity index (χ3n) is 3.40. The lowest BCUT2D eigenvalue weighted by atomic mass is 10.1. The fourth-order valence-corrected chi connectivity index (χ4v) is 2.38. The summed E-state index contributed by atoms with van der Waals surface area (Å²) < 4.78 is 0. The summed E-state index contributed by atoms with van der Waals surface area (Å²) in [7, 11) is 2.21. The molecule has 0 aromatic heterocycles. The van der Waals surface area contributed by atoms with Crippen molar-refractivity contribution in [1.29, 1.82) is 0 Å². The van der Waals surface area contributed by atoms with Crippen LogP contribution >= 0.6 is 12.6 Å². The lowest BCUT2D eigenvalue weighted by Gasteiger charge is -2.16. The Labute approximate surface area is 120 Å². The van der Waals surface area contributed by atoms with Gasteiger partial charge in [0.2, 0.25) is 0 Å². The van der Waals surface area contributed by atoms with E-state index in [-0.39, 0.29) is 0 Å². The van der Waals surface area contributed by atoms with Gasteiger partial charge in [-0.15, -0.1) is 0 Å². The smallest absolute Gasteiger partial charge is 0.0431 e. The molecule has 0 aromatic rings. The van der Waals surface area contributed by atoms with Crippen molar-refractivity contribution in [1.82, 2.24) is 4.90 Å². The van der Waals surface area contributed by atoms with E-state index in [1.807, 2.05) is 0 Å². The highest BCUT2D eigenvalue weighted by Crippen LogP contribution is 2.08. The summed E-state index contributed by atoms with van der Waals surface area (Å²) in [6.45, 7) is 2.76. The second-order valence-electron chi connectivity index (χ2n) is 5.29. The molecule has 18 heavy (non-hydrogen) atoms. The standard InChI is InChI=1S/C15H33NOS/c1-16(13-9-7-10-14-17)12-8-5-3-2-4-6-11-15-18/h17-18H,2-15H2,1H3. The third-order valence-corrected chi connectivity index (χ3v) is 3.71. The molecule has 2 nitrogen and oxygen atoms in total. The maximum absolute atomic E-state index is 8.69. The summed E-state index contributed by atoms with van der Waals surface area (Å²) in [5, 5.41) is 8.69. The molecule has 0 aliphatic heterocycles. The number of hydrogen-bond donors (Lipinski definition) is 2. The van der Waals surface area contributed by atoms with E-state index in [2.05, 4.69) is 24.6 Å². The van der Waals surface area contributed by atoms with Crippen LogP contribution in [0, 0.1) is 0 Å². The zero-order valence-corrected chi connectivity index (χ0v) is 13.1. The van der Waals surface area contributed by atoms with Gasteiger partial charge >= 0.3 is 0 Å². The Morgan fingerprint density at radius 3 is 1.67 bits per heavy atom. The van der Waals surface area contributed by atoms with E-state index in [0.29, 0.717) is 6.61 Å². The maximum atomic E-state index is 8.69. The van der Waals surface area contributed by atoms with Crippen LogP contribution in [0.4, 0.5) is 0 Å². The normalized spacial score (nSPS) is 11.3. The van der Waals surface area contributed by atoms with Gasteiger partial charge in [-0.3, -0.25) is 0 Å². The summed E-state index contributed by atoms with van der Waals surface area (Å²) in [5.41, 5.74) is 0. The number of aliphatic hydroxyl groups excluding tert-OH is 1. The lowest BCUT2D eigenvalue weighted by molar-refractivity contribution is 0.271. The second kappa shape index (κ2) is 15.3. The van der Waals surface area contributed by atoms with Gasteiger partial charge in [0.15, 0.2) is 0 Å². The van der Waals surface area contributed by atoms with E-state index >= 15 is 0 Å². The molecule has 0 saturated carbocycles. The van der Waals surface area contributed by atoms with E-state index in [4.69, 9.17) is 5.11 Å². The van der Waals surface area contributed by atoms with Gasteiger partial charge in [-0.05, 0) is 58.0 Å². The Hall–Kier alpha value is 0.270. The molecule has 0 amide bonds. The average Bonchev–Trinajstić information content (AvgIpc) is 2.38. The van der Waals surface area contributed by atoms with Crippen LogP contribution < -0.4 is 0 Å². The predicted octanol–water partition coefficient (Wildman–Crippen LogP) is 3.74. The quantitative estimate of drug-likeness (QED) is 0.373. The largest absolute Gasteiger partial charge is 0.396 e. The zero-order chi connectivity index (χ0) is 13.5. The average molecular weight is 276 g/mol. The molecule has 110 valence electrons. The molecule has 0 saturated heterocycles. The van der Waals surface area contributed by atoms with Crippen molar-refractivity contribution in [3.8, 4) is 0 Å². The van der Waals surface area contributed by atoms with Gasteiger partial charge < -0.3 is 10.0 Å². The molecule has 0 heterocycles. The molecular formula is C15H33NOS. The second-order valence-corrected chi connectivity index (χ2v) is 5.73. The molecule has 0 unspecified atom stereocenters. The molecule has 1 N–H and O–H groups in total. The van der Waals surface area contributed by atoms with Gasteiger partial charge in [0.1, 0.15) is 0 Å². The fraction of sp³-hybridized carbons (Fsp3) is 1.00. The van der Waals surface area contributed by atoms with E-state index in [1.54, 1.807) is 0 Å². The monoisotopic (exact) mass is 275 g/mol. The first-order chi connectivity index (χ1) is 8.81. The van der Waals surface area contributed by atoms with Crippen LogP contribution in [0.5, 0.6) is 0 Å². The van der Waals surface area contributed by atoms with Crippen LogP contribution in [-0.2, 0) is 0 Å². The van der Waals surface area contributed by atoms with Crippen molar-refractivity contribution in [3.63, 3.8) is 0 Å². The first kappa shape index (κ1) is 18.3. The molecular weight excluding hydrogens is 242 g/mol. The van der Waals surface area contributed by atoms with E-state index in [9.17, 15) is 0 Å². The minimum absolute atomic E-state index is 0.344. The first-order valence-corrected chi connectivity index (χ1v) is 8.34. The summed E-state index contributed by atoms with van der Waals surface area (Å²) in [4.78, 5) is 2.43. The van der Waals surface area contributed by atoms with Crippen molar-refractivity contribution in [2.75, 3.05) is 32.5 Å². The summed E-state index contributed by atoms with van der Waals surface area (Å²) in [6.07, 6.45) is 12.9. The van der Waals surface area contributed by atoms with Gasteiger partial charge in [-0.1, -0.05) is 32.1 Å². The highest BCUT2D eigenvalue weighted by Gasteiger charge is 1.98. The summed E-state index contributed by atoms with van der Waals surface area (Å²) >= 11 is 4.22. The molecule has 0 radical (unpaired) electrons. The molecule has 0 atom stereocenters. The van der Waals surface area contributed by atoms with Gasteiger partial charge in [0, 0.05) is 6.61 Å². The number of thiol groups is 1. The van der Waals surface area contributed by atoms with E-state index in [1.165, 1.54) is 64.5 Å². The Morgan fingerprint density at radius 1 is 0.722 bits per heavy atom. The van der Waals surface area contributed by atoms with Crippen LogP contribution in [-0.4, -0.2) is 42.5 Å². The first-order valence-electron chi connectivity index (χ1n) is 7.71. The topological polar surface area (TPSA) is 23.5 Å². The van der Waals surface area contributed by atoms with Crippen molar-refractivity contribution in [3.05, 3.63) is 0 Å². The molecule has 0 spiro atoms. The SMILES string of the molecule is CN(CCCCCO)CCCCCCCCCS. The van der Waals surface area contributed by atoms with Gasteiger partial charge in [-0.2, -0.15) is 12.6 Å². The fourth-order valence-electron chi connectivity index (χ4n) is 2.16. The molecule has 0 bridgehead atoms. The number of rotatable bonds is 14. The maximum Gasteiger partial charge on any atom is 0.0431 e. The van der Waals surface area contributed by atoms with Crippen LogP contribution in [0.25, 0.3) is 0 Å². The van der Waals surface area contributed by atoms with Gasteiger partial charge in [0.05, 0.1) is 0 Å². The van der Waals surface area contributed by atoms with Crippen LogP contribution in [0.1, 0.15) is 64.2 Å². The van der Waals surface area contributed by atoms with Gasteiger partial charge in [0.25, 0.3) is 0 Å². The van der Waals surface area contributed by atoms with Crippen molar-refractivity contribution in [2.24, 2.45) is 0 Å². The summed E-state index contributed by atoms with van der Waals surface area (Å²) in [5.74, 6) is 1.04. The van der Waals surface area contributed by atoms with Crippen molar-refractivity contribution in [2.45, 2.75) is 64.2 Å². The van der Waals surface area contributed by atoms with Crippen LogP contribution in [0.2, 0.25) is 0 Å². The molecule has 0 rings (SSSR count). The van der Waals surface area contributed by atoms with Gasteiger partial charge in [-0.25, -0.2) is 0 Å². The van der Waals surface area contributed by atoms with Crippen LogP contribution in [0.3, 0.4) is 0 Å². The number of aliphatic hydroxyl groups is 1. The van der Waals surface area contributed by atoms with E-state index in [0.717, 1.165) is 18.6 Å². The minimum Gasteiger partial charge on any atom is -0.396 e. The Balaban J connectivity index is 3.08. The molecule has 0 aromatic carbocycles. The zero-order valence-electron chi connectivity index (χ0n) is 12.2. The van der Waals surface area contributed by atoms with Crippen molar-refractivity contribution < 1.29 is 5.11 Å². The lowest BCUT2D eigenvalue weighted by Crippen LogP contribution is -2.20. The number of hydrogen-bond acceptors (Lipinski definition) is 3. The predicted molar refractivity (Wildman–Crippen MR) is 84.6 cm³/mol.